The van der Waals surface area contributed by atoms with Gasteiger partial charge in [-0.15, -0.1) is 0 Å². The van der Waals surface area contributed by atoms with E-state index in [-0.39, 0.29) is 6.61 Å². The molecule has 19 heavy (non-hydrogen) atoms. The van der Waals surface area contributed by atoms with E-state index in [1.165, 1.54) is 12.8 Å². The van der Waals surface area contributed by atoms with Gasteiger partial charge in [0, 0.05) is 23.7 Å². The zero-order valence-corrected chi connectivity index (χ0v) is 12.4. The number of aliphatic hydroxyl groups is 1. The first kappa shape index (κ1) is 14.9. The molecule has 1 aromatic rings. The van der Waals surface area contributed by atoms with Gasteiger partial charge in [-0.2, -0.15) is 0 Å². The van der Waals surface area contributed by atoms with E-state index in [0.29, 0.717) is 28.4 Å². The summed E-state index contributed by atoms with van der Waals surface area (Å²) in [7, 11) is 0. The summed E-state index contributed by atoms with van der Waals surface area (Å²) in [5, 5.41) is 14.2. The molecule has 0 heterocycles. The van der Waals surface area contributed by atoms with E-state index in [4.69, 9.17) is 27.9 Å². The first-order valence-corrected chi connectivity index (χ1v) is 7.31. The molecule has 0 aliphatic heterocycles. The minimum atomic E-state index is -0.559. The summed E-state index contributed by atoms with van der Waals surface area (Å²) in [6.45, 7) is 2.87. The number of hydrogen-bond donors (Lipinski definition) is 2. The first-order valence-electron chi connectivity index (χ1n) is 6.55. The van der Waals surface area contributed by atoms with Gasteiger partial charge in [-0.1, -0.05) is 23.2 Å². The lowest BCUT2D eigenvalue weighted by Gasteiger charge is -2.17. The van der Waals surface area contributed by atoms with Crippen LogP contribution < -0.4 is 10.1 Å². The maximum absolute atomic E-state index is 9.86. The van der Waals surface area contributed by atoms with Crippen LogP contribution in [0.3, 0.4) is 0 Å². The third-order valence-electron chi connectivity index (χ3n) is 3.33. The van der Waals surface area contributed by atoms with Crippen LogP contribution >= 0.6 is 23.2 Å². The highest BCUT2D eigenvalue weighted by atomic mass is 35.5. The maximum Gasteiger partial charge on any atom is 0.139 e. The van der Waals surface area contributed by atoms with E-state index in [1.807, 2.05) is 0 Å². The van der Waals surface area contributed by atoms with E-state index in [2.05, 4.69) is 12.2 Å². The Labute approximate surface area is 123 Å². The van der Waals surface area contributed by atoms with Gasteiger partial charge in [-0.3, -0.25) is 0 Å². The van der Waals surface area contributed by atoms with Crippen LogP contribution in [0.5, 0.6) is 5.75 Å². The van der Waals surface area contributed by atoms with Crippen LogP contribution in [0, 0.1) is 5.92 Å². The molecule has 1 aliphatic carbocycles. The molecule has 0 aromatic heterocycles. The van der Waals surface area contributed by atoms with Crippen LogP contribution in [0.25, 0.3) is 0 Å². The van der Waals surface area contributed by atoms with Gasteiger partial charge >= 0.3 is 0 Å². The van der Waals surface area contributed by atoms with Crippen molar-refractivity contribution in [2.75, 3.05) is 13.2 Å². The highest BCUT2D eigenvalue weighted by Crippen LogP contribution is 2.32. The lowest BCUT2D eigenvalue weighted by Crippen LogP contribution is -2.37. The number of rotatable bonds is 7. The van der Waals surface area contributed by atoms with E-state index >= 15 is 0 Å². The SMILES string of the molecule is CC(NCC(O)COc1cc(Cl)ccc1Cl)C1CC1. The quantitative estimate of drug-likeness (QED) is 0.813. The largest absolute Gasteiger partial charge is 0.489 e. The van der Waals surface area contributed by atoms with E-state index in [0.717, 1.165) is 5.92 Å². The van der Waals surface area contributed by atoms with Crippen molar-refractivity contribution in [3.05, 3.63) is 28.2 Å². The average Bonchev–Trinajstić information content (AvgIpc) is 3.21. The van der Waals surface area contributed by atoms with Crippen molar-refractivity contribution in [2.45, 2.75) is 31.9 Å². The lowest BCUT2D eigenvalue weighted by molar-refractivity contribution is 0.103. The van der Waals surface area contributed by atoms with Gasteiger partial charge in [-0.05, 0) is 37.8 Å². The second-order valence-electron chi connectivity index (χ2n) is 5.07. The highest BCUT2D eigenvalue weighted by molar-refractivity contribution is 6.34. The summed E-state index contributed by atoms with van der Waals surface area (Å²) in [5.74, 6) is 1.28. The number of aliphatic hydroxyl groups excluding tert-OH is 1. The van der Waals surface area contributed by atoms with Crippen LogP contribution in [0.15, 0.2) is 18.2 Å². The number of nitrogens with one attached hydrogen (secondary N) is 1. The summed E-state index contributed by atoms with van der Waals surface area (Å²) in [5.41, 5.74) is 0. The topological polar surface area (TPSA) is 41.5 Å². The molecule has 2 atom stereocenters. The van der Waals surface area contributed by atoms with E-state index in [1.54, 1.807) is 18.2 Å². The van der Waals surface area contributed by atoms with Gasteiger partial charge in [0.25, 0.3) is 0 Å². The fraction of sp³-hybridized carbons (Fsp3) is 0.571. The number of benzene rings is 1. The Balaban J connectivity index is 1.73. The van der Waals surface area contributed by atoms with Crippen molar-refractivity contribution in [1.82, 2.24) is 5.32 Å². The van der Waals surface area contributed by atoms with E-state index in [9.17, 15) is 5.11 Å². The summed E-state index contributed by atoms with van der Waals surface area (Å²) < 4.78 is 5.48. The first-order chi connectivity index (χ1) is 9.06. The van der Waals surface area contributed by atoms with E-state index < -0.39 is 6.10 Å². The summed E-state index contributed by atoms with van der Waals surface area (Å²) >= 11 is 11.8. The second-order valence-corrected chi connectivity index (χ2v) is 5.92. The fourth-order valence-electron chi connectivity index (χ4n) is 1.92. The molecule has 0 amide bonds. The molecule has 0 radical (unpaired) electrons. The Bertz CT molecular complexity index is 424. The second kappa shape index (κ2) is 6.80. The van der Waals surface area contributed by atoms with Crippen LogP contribution in [-0.4, -0.2) is 30.4 Å². The van der Waals surface area contributed by atoms with Crippen molar-refractivity contribution < 1.29 is 9.84 Å². The van der Waals surface area contributed by atoms with Gasteiger partial charge < -0.3 is 15.2 Å². The van der Waals surface area contributed by atoms with Crippen LogP contribution in [0.1, 0.15) is 19.8 Å². The zero-order chi connectivity index (χ0) is 13.8. The fourth-order valence-corrected chi connectivity index (χ4v) is 2.25. The molecule has 0 spiro atoms. The Kier molecular flexibility index (Phi) is 5.34. The molecule has 5 heteroatoms. The predicted molar refractivity (Wildman–Crippen MR) is 78.2 cm³/mol. The molecule has 2 unspecified atom stereocenters. The molecule has 1 aliphatic rings. The van der Waals surface area contributed by atoms with Crippen molar-refractivity contribution in [3.63, 3.8) is 0 Å². The van der Waals surface area contributed by atoms with Crippen molar-refractivity contribution >= 4 is 23.2 Å². The summed E-state index contributed by atoms with van der Waals surface area (Å²) in [6.07, 6.45) is 2.02. The average molecular weight is 304 g/mol. The van der Waals surface area contributed by atoms with Gasteiger partial charge in [0.2, 0.25) is 0 Å². The molecule has 1 fully saturated rings. The molecule has 2 N–H and O–H groups in total. The molecule has 106 valence electrons. The Morgan fingerprint density at radius 1 is 1.42 bits per heavy atom. The Hall–Kier alpha value is -0.480. The molecule has 2 rings (SSSR count). The molecule has 1 saturated carbocycles. The normalized spacial score (nSPS) is 18.1. The number of halogens is 2. The van der Waals surface area contributed by atoms with Crippen molar-refractivity contribution in [2.24, 2.45) is 5.92 Å². The molecule has 1 aromatic carbocycles. The van der Waals surface area contributed by atoms with Crippen LogP contribution in [0.4, 0.5) is 0 Å². The summed E-state index contributed by atoms with van der Waals surface area (Å²) in [6, 6.07) is 5.49. The van der Waals surface area contributed by atoms with Gasteiger partial charge in [0.05, 0.1) is 5.02 Å². The van der Waals surface area contributed by atoms with Crippen molar-refractivity contribution in [1.29, 1.82) is 0 Å². The maximum atomic E-state index is 9.86. The Morgan fingerprint density at radius 2 is 2.16 bits per heavy atom. The predicted octanol–water partition coefficient (Wildman–Crippen LogP) is 3.12. The third-order valence-corrected chi connectivity index (χ3v) is 3.88. The standard InChI is InChI=1S/C14H19Cl2NO2/c1-9(10-2-3-10)17-7-12(18)8-19-14-6-11(15)4-5-13(14)16/h4-6,9-10,12,17-18H,2-3,7-8H2,1H3. The Morgan fingerprint density at radius 3 is 2.84 bits per heavy atom. The smallest absolute Gasteiger partial charge is 0.139 e. The molecule has 0 saturated heterocycles. The van der Waals surface area contributed by atoms with Crippen molar-refractivity contribution in [3.8, 4) is 5.75 Å². The van der Waals surface area contributed by atoms with Gasteiger partial charge in [0.15, 0.2) is 0 Å². The molecular weight excluding hydrogens is 285 g/mol. The van der Waals surface area contributed by atoms with Crippen LogP contribution in [-0.2, 0) is 0 Å². The third kappa shape index (κ3) is 4.84. The molecule has 0 bridgehead atoms. The lowest BCUT2D eigenvalue weighted by atomic mass is 10.2. The zero-order valence-electron chi connectivity index (χ0n) is 10.9. The monoisotopic (exact) mass is 303 g/mol. The number of ether oxygens (including phenoxy) is 1. The minimum Gasteiger partial charge on any atom is -0.489 e. The summed E-state index contributed by atoms with van der Waals surface area (Å²) in [4.78, 5) is 0. The van der Waals surface area contributed by atoms with Crippen LogP contribution in [0.2, 0.25) is 10.0 Å². The highest BCUT2D eigenvalue weighted by Gasteiger charge is 2.27. The van der Waals surface area contributed by atoms with Gasteiger partial charge in [-0.25, -0.2) is 0 Å². The minimum absolute atomic E-state index is 0.199. The van der Waals surface area contributed by atoms with Gasteiger partial charge in [0.1, 0.15) is 18.5 Å². The molecule has 3 nitrogen and oxygen atoms in total. The molecular formula is C14H19Cl2NO2. The number of hydrogen-bond acceptors (Lipinski definition) is 3.